The SMILES string of the molecule is CCC(C)CCCCCCCCCCCCCCCCC(=O)O[C@H](COC(=O)CCCCCCCCCCCCCCCC(C)C)COP(=O)(O)OC[C@@H](O)COP(=O)(O)OC[C@@H](COC(=O)CCCCCCCCCCCC(C)C)OC(=O)CCCCCCCCCCCCC(C)C. The second-order valence-corrected chi connectivity index (χ2v) is 33.4. The molecule has 19 heteroatoms. The monoisotopic (exact) mass is 1450 g/mol. The zero-order valence-corrected chi connectivity index (χ0v) is 66.9. The molecule has 0 aliphatic heterocycles. The summed E-state index contributed by atoms with van der Waals surface area (Å²) in [6.45, 7) is 14.3. The van der Waals surface area contributed by atoms with Crippen LogP contribution in [0.25, 0.3) is 0 Å². The molecule has 0 spiro atoms. The number of esters is 4. The Balaban J connectivity index is 5.27. The van der Waals surface area contributed by atoms with Crippen molar-refractivity contribution in [1.29, 1.82) is 0 Å². The quantitative estimate of drug-likeness (QED) is 0.0222. The summed E-state index contributed by atoms with van der Waals surface area (Å²) < 4.78 is 68.7. The first-order chi connectivity index (χ1) is 47.6. The second kappa shape index (κ2) is 69.1. The molecule has 0 saturated heterocycles. The first-order valence-electron chi connectivity index (χ1n) is 41.2. The summed E-state index contributed by atoms with van der Waals surface area (Å²) in [5.41, 5.74) is 0. The highest BCUT2D eigenvalue weighted by Gasteiger charge is 2.30. The molecule has 0 bridgehead atoms. The Hall–Kier alpha value is -1.94. The lowest BCUT2D eigenvalue weighted by Crippen LogP contribution is -2.30. The first-order valence-corrected chi connectivity index (χ1v) is 44.2. The van der Waals surface area contributed by atoms with Gasteiger partial charge in [-0.1, -0.05) is 357 Å². The molecule has 588 valence electrons. The number of aliphatic hydroxyl groups is 1. The van der Waals surface area contributed by atoms with Crippen LogP contribution in [0.5, 0.6) is 0 Å². The standard InChI is InChI=1S/C80H156O17P2/c1-9-73(8)59-51-43-35-27-18-14-10-11-15-20-29-38-46-54-62-79(84)96-75(66-90-77(82)60-52-44-36-28-19-16-12-13-17-24-32-40-48-56-70(2)3)68-94-98(86,87)92-64-74(81)65-93-99(88,89)95-69-76(67-91-78(83)61-53-45-37-31-23-26-34-42-50-58-72(6)7)97-80(85)63-55-47-39-30-22-21-25-33-41-49-57-71(4)5/h70-76,81H,9-69H2,1-8H3,(H,86,87)(H,88,89)/t73?,74-,75-,76-/m1/s1. The summed E-state index contributed by atoms with van der Waals surface area (Å²) in [4.78, 5) is 73.0. The molecule has 0 aromatic rings. The van der Waals surface area contributed by atoms with E-state index in [1.165, 1.54) is 212 Å². The summed E-state index contributed by atoms with van der Waals surface area (Å²) in [7, 11) is -9.92. The van der Waals surface area contributed by atoms with E-state index in [-0.39, 0.29) is 25.7 Å². The fourth-order valence-electron chi connectivity index (χ4n) is 12.2. The summed E-state index contributed by atoms with van der Waals surface area (Å²) >= 11 is 0. The normalized spacial score (nSPS) is 14.3. The van der Waals surface area contributed by atoms with E-state index in [0.29, 0.717) is 25.7 Å². The molecule has 0 fully saturated rings. The van der Waals surface area contributed by atoms with Crippen molar-refractivity contribution in [3.8, 4) is 0 Å². The molecular formula is C80H156O17P2. The first kappa shape index (κ1) is 97.1. The van der Waals surface area contributed by atoms with Crippen molar-refractivity contribution in [2.75, 3.05) is 39.6 Å². The molecule has 3 unspecified atom stereocenters. The zero-order chi connectivity index (χ0) is 73.1. The molecule has 0 amide bonds. The third kappa shape index (κ3) is 72.8. The molecule has 99 heavy (non-hydrogen) atoms. The average molecular weight is 1450 g/mol. The summed E-state index contributed by atoms with van der Waals surface area (Å²) in [6.07, 6.45) is 55.4. The largest absolute Gasteiger partial charge is 0.472 e. The Bertz CT molecular complexity index is 1940. The maximum absolute atomic E-state index is 13.1. The highest BCUT2D eigenvalue weighted by Crippen LogP contribution is 2.45. The number of hydrogen-bond donors (Lipinski definition) is 3. The minimum Gasteiger partial charge on any atom is -0.462 e. The van der Waals surface area contributed by atoms with E-state index in [4.69, 9.17) is 37.0 Å². The fourth-order valence-corrected chi connectivity index (χ4v) is 13.8. The molecule has 0 radical (unpaired) electrons. The lowest BCUT2D eigenvalue weighted by molar-refractivity contribution is -0.161. The van der Waals surface area contributed by atoms with Crippen LogP contribution in [0.3, 0.4) is 0 Å². The van der Waals surface area contributed by atoms with Gasteiger partial charge in [-0.2, -0.15) is 0 Å². The number of unbranched alkanes of at least 4 members (excludes halogenated alkanes) is 42. The summed E-state index contributed by atoms with van der Waals surface area (Å²) in [5, 5.41) is 10.6. The molecule has 0 aliphatic rings. The van der Waals surface area contributed by atoms with Crippen molar-refractivity contribution in [3.63, 3.8) is 0 Å². The molecule has 6 atom stereocenters. The van der Waals surface area contributed by atoms with Crippen LogP contribution in [-0.4, -0.2) is 96.7 Å². The number of carbonyl (C=O) groups is 4. The predicted octanol–water partition coefficient (Wildman–Crippen LogP) is 23.6. The minimum atomic E-state index is -4.96. The van der Waals surface area contributed by atoms with Crippen LogP contribution in [0, 0.1) is 23.7 Å². The number of aliphatic hydroxyl groups excluding tert-OH is 1. The number of rotatable bonds is 77. The van der Waals surface area contributed by atoms with E-state index in [1.807, 2.05) is 0 Å². The van der Waals surface area contributed by atoms with Crippen LogP contribution in [0.15, 0.2) is 0 Å². The summed E-state index contributed by atoms with van der Waals surface area (Å²) in [6, 6.07) is 0. The smallest absolute Gasteiger partial charge is 0.462 e. The maximum Gasteiger partial charge on any atom is 0.472 e. The van der Waals surface area contributed by atoms with Crippen LogP contribution in [0.1, 0.15) is 409 Å². The van der Waals surface area contributed by atoms with Crippen molar-refractivity contribution < 1.29 is 80.2 Å². The van der Waals surface area contributed by atoms with Crippen LogP contribution in [0.4, 0.5) is 0 Å². The molecule has 0 saturated carbocycles. The van der Waals surface area contributed by atoms with Gasteiger partial charge in [0.2, 0.25) is 0 Å². The number of hydrogen-bond acceptors (Lipinski definition) is 15. The van der Waals surface area contributed by atoms with Crippen molar-refractivity contribution >= 4 is 39.5 Å². The number of carbonyl (C=O) groups excluding carboxylic acids is 4. The van der Waals surface area contributed by atoms with E-state index >= 15 is 0 Å². The summed E-state index contributed by atoms with van der Waals surface area (Å²) in [5.74, 6) is 1.02. The Morgan fingerprint density at radius 1 is 0.283 bits per heavy atom. The second-order valence-electron chi connectivity index (χ2n) is 30.5. The van der Waals surface area contributed by atoms with Gasteiger partial charge in [-0.05, 0) is 49.4 Å². The lowest BCUT2D eigenvalue weighted by Gasteiger charge is -2.21. The average Bonchev–Trinajstić information content (AvgIpc) is 2.52. The molecular weight excluding hydrogens is 1290 g/mol. The van der Waals surface area contributed by atoms with Crippen molar-refractivity contribution in [2.24, 2.45) is 23.7 Å². The van der Waals surface area contributed by atoms with E-state index in [2.05, 4.69) is 55.4 Å². The topological polar surface area (TPSA) is 237 Å². The van der Waals surface area contributed by atoms with Crippen molar-refractivity contribution in [3.05, 3.63) is 0 Å². The minimum absolute atomic E-state index is 0.105. The number of ether oxygens (including phenoxy) is 4. The molecule has 3 N–H and O–H groups in total. The molecule has 17 nitrogen and oxygen atoms in total. The molecule has 0 aromatic heterocycles. The Kier molecular flexibility index (Phi) is 67.8. The molecule has 0 aromatic carbocycles. The third-order valence-electron chi connectivity index (χ3n) is 18.9. The van der Waals surface area contributed by atoms with E-state index < -0.39 is 97.5 Å². The van der Waals surface area contributed by atoms with Crippen LogP contribution in [0.2, 0.25) is 0 Å². The highest BCUT2D eigenvalue weighted by atomic mass is 31.2. The van der Waals surface area contributed by atoms with Gasteiger partial charge < -0.3 is 33.8 Å². The van der Waals surface area contributed by atoms with Gasteiger partial charge >= 0.3 is 39.5 Å². The van der Waals surface area contributed by atoms with Gasteiger partial charge in [0.25, 0.3) is 0 Å². The van der Waals surface area contributed by atoms with Gasteiger partial charge in [-0.25, -0.2) is 9.13 Å². The van der Waals surface area contributed by atoms with Gasteiger partial charge in [0.05, 0.1) is 26.4 Å². The van der Waals surface area contributed by atoms with E-state index in [0.717, 1.165) is 114 Å². The number of phosphoric ester groups is 2. The van der Waals surface area contributed by atoms with Gasteiger partial charge in [-0.3, -0.25) is 37.3 Å². The molecule has 0 heterocycles. The van der Waals surface area contributed by atoms with Crippen molar-refractivity contribution in [1.82, 2.24) is 0 Å². The van der Waals surface area contributed by atoms with Crippen LogP contribution >= 0.6 is 15.6 Å². The van der Waals surface area contributed by atoms with Crippen molar-refractivity contribution in [2.45, 2.75) is 427 Å². The Morgan fingerprint density at radius 3 is 0.717 bits per heavy atom. The van der Waals surface area contributed by atoms with Gasteiger partial charge in [0.15, 0.2) is 12.2 Å². The van der Waals surface area contributed by atoms with Gasteiger partial charge in [0, 0.05) is 25.7 Å². The molecule has 0 aliphatic carbocycles. The highest BCUT2D eigenvalue weighted by molar-refractivity contribution is 7.47. The van der Waals surface area contributed by atoms with Crippen LogP contribution in [-0.2, 0) is 65.4 Å². The number of phosphoric acid groups is 2. The van der Waals surface area contributed by atoms with Crippen LogP contribution < -0.4 is 0 Å². The van der Waals surface area contributed by atoms with E-state index in [9.17, 15) is 43.2 Å². The predicted molar refractivity (Wildman–Crippen MR) is 404 cm³/mol. The van der Waals surface area contributed by atoms with E-state index in [1.54, 1.807) is 0 Å². The zero-order valence-electron chi connectivity index (χ0n) is 65.1. The fraction of sp³-hybridized carbons (Fsp3) is 0.950. The Morgan fingerprint density at radius 2 is 0.485 bits per heavy atom. The van der Waals surface area contributed by atoms with Gasteiger partial charge in [0.1, 0.15) is 19.3 Å². The Labute approximate surface area is 607 Å². The third-order valence-corrected chi connectivity index (χ3v) is 20.8. The molecule has 0 rings (SSSR count). The maximum atomic E-state index is 13.1. The lowest BCUT2D eigenvalue weighted by atomic mass is 9.99. The van der Waals surface area contributed by atoms with Gasteiger partial charge in [-0.15, -0.1) is 0 Å².